The lowest BCUT2D eigenvalue weighted by Gasteiger charge is -2.22. The molecular formula is C16H22N2O2. The van der Waals surface area contributed by atoms with Crippen LogP contribution in [-0.4, -0.2) is 25.6 Å². The van der Waals surface area contributed by atoms with Gasteiger partial charge in [-0.05, 0) is 43.2 Å². The van der Waals surface area contributed by atoms with Crippen molar-refractivity contribution in [3.05, 3.63) is 24.3 Å². The Balaban J connectivity index is 1.47. The van der Waals surface area contributed by atoms with Crippen molar-refractivity contribution < 1.29 is 9.53 Å². The van der Waals surface area contributed by atoms with Gasteiger partial charge in [-0.15, -0.1) is 0 Å². The van der Waals surface area contributed by atoms with E-state index in [-0.39, 0.29) is 5.91 Å². The maximum Gasteiger partial charge on any atom is 0.238 e. The summed E-state index contributed by atoms with van der Waals surface area (Å²) in [6.45, 7) is 0.394. The maximum atomic E-state index is 12.0. The quantitative estimate of drug-likeness (QED) is 0.867. The first-order chi connectivity index (χ1) is 9.74. The van der Waals surface area contributed by atoms with Gasteiger partial charge in [0.2, 0.25) is 5.91 Å². The number of hydrogen-bond acceptors (Lipinski definition) is 3. The van der Waals surface area contributed by atoms with Crippen molar-refractivity contribution in [1.82, 2.24) is 5.32 Å². The van der Waals surface area contributed by atoms with Gasteiger partial charge < -0.3 is 15.4 Å². The molecule has 2 bridgehead atoms. The van der Waals surface area contributed by atoms with Crippen LogP contribution in [0.1, 0.15) is 25.7 Å². The standard InChI is InChI=1S/C16H22N2O2/c1-20-14-4-2-3-13(9-14)18-16(19)10-17-15-8-11-5-6-12(15)7-11/h2-4,9,11-12,15,17H,5-8,10H2,1H3,(H,18,19). The van der Waals surface area contributed by atoms with Gasteiger partial charge in [0, 0.05) is 17.8 Å². The highest BCUT2D eigenvalue weighted by Gasteiger charge is 2.39. The number of carbonyl (C=O) groups is 1. The Bertz CT molecular complexity index is 489. The van der Waals surface area contributed by atoms with Crippen molar-refractivity contribution in [2.45, 2.75) is 31.7 Å². The lowest BCUT2D eigenvalue weighted by Crippen LogP contribution is -2.39. The van der Waals surface area contributed by atoms with Crippen molar-refractivity contribution in [2.75, 3.05) is 19.0 Å². The second-order valence-corrected chi connectivity index (χ2v) is 5.94. The molecule has 3 atom stereocenters. The number of carbonyl (C=O) groups excluding carboxylic acids is 1. The topological polar surface area (TPSA) is 50.4 Å². The zero-order valence-corrected chi connectivity index (χ0v) is 11.9. The number of hydrogen-bond donors (Lipinski definition) is 2. The minimum absolute atomic E-state index is 0.0148. The second kappa shape index (κ2) is 5.83. The first-order valence-electron chi connectivity index (χ1n) is 7.42. The molecule has 4 nitrogen and oxygen atoms in total. The highest BCUT2D eigenvalue weighted by molar-refractivity contribution is 5.92. The van der Waals surface area contributed by atoms with Crippen LogP contribution in [0.5, 0.6) is 5.75 Å². The number of anilines is 1. The fraction of sp³-hybridized carbons (Fsp3) is 0.562. The molecule has 0 aliphatic heterocycles. The van der Waals surface area contributed by atoms with Gasteiger partial charge in [-0.1, -0.05) is 12.5 Å². The fourth-order valence-electron chi connectivity index (χ4n) is 3.62. The van der Waals surface area contributed by atoms with E-state index in [9.17, 15) is 4.79 Å². The normalized spacial score (nSPS) is 27.6. The average Bonchev–Trinajstić information content (AvgIpc) is 3.08. The summed E-state index contributed by atoms with van der Waals surface area (Å²) in [7, 11) is 1.62. The van der Waals surface area contributed by atoms with Crippen molar-refractivity contribution in [2.24, 2.45) is 11.8 Å². The average molecular weight is 274 g/mol. The monoisotopic (exact) mass is 274 g/mol. The van der Waals surface area contributed by atoms with E-state index in [2.05, 4.69) is 10.6 Å². The minimum atomic E-state index is 0.0148. The summed E-state index contributed by atoms with van der Waals surface area (Å²) in [6, 6.07) is 7.98. The largest absolute Gasteiger partial charge is 0.497 e. The van der Waals surface area contributed by atoms with Crippen LogP contribution in [-0.2, 0) is 4.79 Å². The van der Waals surface area contributed by atoms with Crippen LogP contribution in [0.15, 0.2) is 24.3 Å². The molecule has 1 aromatic rings. The molecule has 2 aliphatic carbocycles. The Kier molecular flexibility index (Phi) is 3.92. The summed E-state index contributed by atoms with van der Waals surface area (Å²) in [5, 5.41) is 6.32. The lowest BCUT2D eigenvalue weighted by atomic mass is 9.95. The Hall–Kier alpha value is -1.55. The molecule has 2 saturated carbocycles. The molecule has 3 unspecified atom stereocenters. The molecule has 0 radical (unpaired) electrons. The van der Waals surface area contributed by atoms with Crippen LogP contribution >= 0.6 is 0 Å². The zero-order valence-electron chi connectivity index (χ0n) is 11.9. The van der Waals surface area contributed by atoms with E-state index in [1.807, 2.05) is 24.3 Å². The van der Waals surface area contributed by atoms with Crippen LogP contribution in [0.25, 0.3) is 0 Å². The molecule has 108 valence electrons. The molecule has 4 heteroatoms. The van der Waals surface area contributed by atoms with Gasteiger partial charge in [0.05, 0.1) is 13.7 Å². The molecule has 0 saturated heterocycles. The van der Waals surface area contributed by atoms with Gasteiger partial charge >= 0.3 is 0 Å². The first-order valence-corrected chi connectivity index (χ1v) is 7.42. The van der Waals surface area contributed by atoms with Gasteiger partial charge in [-0.3, -0.25) is 4.79 Å². The van der Waals surface area contributed by atoms with Crippen LogP contribution in [0.3, 0.4) is 0 Å². The van der Waals surface area contributed by atoms with Gasteiger partial charge in [-0.25, -0.2) is 0 Å². The van der Waals surface area contributed by atoms with Gasteiger partial charge in [0.15, 0.2) is 0 Å². The molecule has 1 aromatic carbocycles. The van der Waals surface area contributed by atoms with E-state index in [1.54, 1.807) is 7.11 Å². The third kappa shape index (κ3) is 2.96. The number of amides is 1. The maximum absolute atomic E-state index is 12.0. The number of methoxy groups -OCH3 is 1. The Morgan fingerprint density at radius 2 is 2.25 bits per heavy atom. The van der Waals surface area contributed by atoms with Crippen LogP contribution in [0.4, 0.5) is 5.69 Å². The van der Waals surface area contributed by atoms with E-state index in [0.29, 0.717) is 12.6 Å². The van der Waals surface area contributed by atoms with Gasteiger partial charge in [-0.2, -0.15) is 0 Å². The molecule has 20 heavy (non-hydrogen) atoms. The summed E-state index contributed by atoms with van der Waals surface area (Å²) in [5.74, 6) is 2.47. The van der Waals surface area contributed by atoms with E-state index < -0.39 is 0 Å². The molecule has 0 spiro atoms. The third-order valence-corrected chi connectivity index (χ3v) is 4.62. The molecular weight excluding hydrogens is 252 g/mol. The predicted octanol–water partition coefficient (Wildman–Crippen LogP) is 2.41. The number of nitrogens with one attached hydrogen (secondary N) is 2. The van der Waals surface area contributed by atoms with Crippen LogP contribution in [0.2, 0.25) is 0 Å². The van der Waals surface area contributed by atoms with Gasteiger partial charge in [0.1, 0.15) is 5.75 Å². The summed E-state index contributed by atoms with van der Waals surface area (Å²) < 4.78 is 5.14. The van der Waals surface area contributed by atoms with Crippen LogP contribution in [0, 0.1) is 11.8 Å². The van der Waals surface area contributed by atoms with E-state index in [1.165, 1.54) is 25.7 Å². The summed E-state index contributed by atoms with van der Waals surface area (Å²) in [6.07, 6.45) is 5.32. The molecule has 2 N–H and O–H groups in total. The third-order valence-electron chi connectivity index (χ3n) is 4.62. The van der Waals surface area contributed by atoms with Crippen molar-refractivity contribution in [3.8, 4) is 5.75 Å². The highest BCUT2D eigenvalue weighted by Crippen LogP contribution is 2.44. The molecule has 2 fully saturated rings. The zero-order chi connectivity index (χ0) is 13.9. The SMILES string of the molecule is COc1cccc(NC(=O)CNC2CC3CCC2C3)c1. The molecule has 3 rings (SSSR count). The highest BCUT2D eigenvalue weighted by atomic mass is 16.5. The Labute approximate surface area is 119 Å². The van der Waals surface area contributed by atoms with Gasteiger partial charge in [0.25, 0.3) is 0 Å². The smallest absolute Gasteiger partial charge is 0.238 e. The lowest BCUT2D eigenvalue weighted by molar-refractivity contribution is -0.115. The Morgan fingerprint density at radius 1 is 1.35 bits per heavy atom. The van der Waals surface area contributed by atoms with E-state index in [0.717, 1.165) is 23.3 Å². The fourth-order valence-corrected chi connectivity index (χ4v) is 3.62. The second-order valence-electron chi connectivity index (χ2n) is 5.94. The van der Waals surface area contributed by atoms with Crippen LogP contribution < -0.4 is 15.4 Å². The minimum Gasteiger partial charge on any atom is -0.497 e. The van der Waals surface area contributed by atoms with Crippen molar-refractivity contribution in [3.63, 3.8) is 0 Å². The summed E-state index contributed by atoms with van der Waals surface area (Å²) >= 11 is 0. The van der Waals surface area contributed by atoms with E-state index >= 15 is 0 Å². The molecule has 1 amide bonds. The van der Waals surface area contributed by atoms with Crippen molar-refractivity contribution >= 4 is 11.6 Å². The number of fused-ring (bicyclic) bond motifs is 2. The predicted molar refractivity (Wildman–Crippen MR) is 78.9 cm³/mol. The van der Waals surface area contributed by atoms with Crippen molar-refractivity contribution in [1.29, 1.82) is 0 Å². The molecule has 2 aliphatic rings. The number of benzene rings is 1. The van der Waals surface area contributed by atoms with E-state index in [4.69, 9.17) is 4.74 Å². The number of ether oxygens (including phenoxy) is 1. The summed E-state index contributed by atoms with van der Waals surface area (Å²) in [4.78, 5) is 12.0. The first kappa shape index (κ1) is 13.4. The Morgan fingerprint density at radius 3 is 2.95 bits per heavy atom. The molecule has 0 heterocycles. The molecule has 0 aromatic heterocycles. The summed E-state index contributed by atoms with van der Waals surface area (Å²) in [5.41, 5.74) is 0.782. The number of rotatable bonds is 5.